The lowest BCUT2D eigenvalue weighted by molar-refractivity contribution is 0.652. The van der Waals surface area contributed by atoms with Crippen molar-refractivity contribution in [1.29, 1.82) is 0 Å². The van der Waals surface area contributed by atoms with Crippen LogP contribution in [-0.4, -0.2) is 15.0 Å². The molecule has 23 heavy (non-hydrogen) atoms. The molecule has 0 saturated heterocycles. The molecular formula is C19H11N3O. The second-order valence-electron chi connectivity index (χ2n) is 5.41. The number of pyridine rings is 3. The van der Waals surface area contributed by atoms with Crippen molar-refractivity contribution in [2.75, 3.05) is 0 Å². The Morgan fingerprint density at radius 2 is 1.74 bits per heavy atom. The molecule has 0 spiro atoms. The minimum Gasteiger partial charge on any atom is -0.436 e. The van der Waals surface area contributed by atoms with Crippen molar-refractivity contribution in [3.05, 3.63) is 67.0 Å². The lowest BCUT2D eigenvalue weighted by Gasteiger charge is -2.02. The molecule has 0 radical (unpaired) electrons. The van der Waals surface area contributed by atoms with E-state index in [9.17, 15) is 0 Å². The van der Waals surface area contributed by atoms with Crippen LogP contribution in [0.15, 0.2) is 71.4 Å². The van der Waals surface area contributed by atoms with Gasteiger partial charge >= 0.3 is 0 Å². The van der Waals surface area contributed by atoms with E-state index < -0.39 is 0 Å². The summed E-state index contributed by atoms with van der Waals surface area (Å²) in [6.45, 7) is 0. The van der Waals surface area contributed by atoms with Gasteiger partial charge in [0.15, 0.2) is 5.58 Å². The van der Waals surface area contributed by atoms with Crippen LogP contribution in [0.25, 0.3) is 44.4 Å². The number of nitrogens with zero attached hydrogens (tertiary/aromatic N) is 3. The van der Waals surface area contributed by atoms with E-state index in [1.165, 1.54) is 0 Å². The summed E-state index contributed by atoms with van der Waals surface area (Å²) in [7, 11) is 0. The molecule has 1 aromatic carbocycles. The van der Waals surface area contributed by atoms with Gasteiger partial charge in [-0.05, 0) is 30.3 Å². The van der Waals surface area contributed by atoms with Crippen LogP contribution in [-0.2, 0) is 0 Å². The molecule has 0 fully saturated rings. The van der Waals surface area contributed by atoms with Gasteiger partial charge in [0.2, 0.25) is 5.71 Å². The molecule has 5 aromatic rings. The highest BCUT2D eigenvalue weighted by Crippen LogP contribution is 2.29. The predicted octanol–water partition coefficient (Wildman–Crippen LogP) is 4.59. The van der Waals surface area contributed by atoms with Crippen LogP contribution in [0, 0.1) is 0 Å². The highest BCUT2D eigenvalue weighted by atomic mass is 16.3. The van der Waals surface area contributed by atoms with Crippen LogP contribution in [0.2, 0.25) is 0 Å². The largest absolute Gasteiger partial charge is 0.436 e. The second-order valence-corrected chi connectivity index (χ2v) is 5.41. The average molecular weight is 297 g/mol. The van der Waals surface area contributed by atoms with Crippen molar-refractivity contribution in [2.45, 2.75) is 0 Å². The molecule has 4 heteroatoms. The Labute approximate surface area is 131 Å². The number of benzene rings is 1. The molecule has 0 unspecified atom stereocenters. The zero-order chi connectivity index (χ0) is 15.2. The number of rotatable bonds is 1. The van der Waals surface area contributed by atoms with Gasteiger partial charge in [-0.15, -0.1) is 0 Å². The number of hydrogen-bond acceptors (Lipinski definition) is 4. The zero-order valence-electron chi connectivity index (χ0n) is 12.1. The van der Waals surface area contributed by atoms with E-state index in [4.69, 9.17) is 9.40 Å². The van der Waals surface area contributed by atoms with Gasteiger partial charge in [-0.25, -0.2) is 9.97 Å². The van der Waals surface area contributed by atoms with E-state index in [0.717, 1.165) is 38.6 Å². The van der Waals surface area contributed by atoms with Gasteiger partial charge in [0.25, 0.3) is 0 Å². The summed E-state index contributed by atoms with van der Waals surface area (Å²) < 4.78 is 5.72. The van der Waals surface area contributed by atoms with Crippen molar-refractivity contribution >= 4 is 33.0 Å². The Morgan fingerprint density at radius 3 is 2.74 bits per heavy atom. The standard InChI is InChI=1S/C19H11N3O/c1-2-6-15-12(4-1)7-8-16(22-15)17-10-14-13-5-3-9-20-19(13)23-18(14)11-21-17/h1-11H. The third-order valence-electron chi connectivity index (χ3n) is 4.00. The number of hydrogen-bond donors (Lipinski definition) is 0. The molecule has 0 aliphatic carbocycles. The predicted molar refractivity (Wildman–Crippen MR) is 90.0 cm³/mol. The molecule has 0 amide bonds. The highest BCUT2D eigenvalue weighted by Gasteiger charge is 2.10. The van der Waals surface area contributed by atoms with Crippen LogP contribution >= 0.6 is 0 Å². The highest BCUT2D eigenvalue weighted by molar-refractivity contribution is 6.04. The smallest absolute Gasteiger partial charge is 0.227 e. The molecule has 0 aliphatic heterocycles. The normalized spacial score (nSPS) is 11.5. The van der Waals surface area contributed by atoms with E-state index >= 15 is 0 Å². The Balaban J connectivity index is 1.76. The van der Waals surface area contributed by atoms with E-state index in [0.29, 0.717) is 5.71 Å². The fraction of sp³-hybridized carbons (Fsp3) is 0. The van der Waals surface area contributed by atoms with E-state index in [2.05, 4.69) is 22.1 Å². The van der Waals surface area contributed by atoms with Crippen molar-refractivity contribution in [2.24, 2.45) is 0 Å². The Bertz CT molecular complexity index is 1180. The van der Waals surface area contributed by atoms with Crippen LogP contribution in [0.3, 0.4) is 0 Å². The van der Waals surface area contributed by atoms with E-state index in [1.54, 1.807) is 12.4 Å². The number of para-hydroxylation sites is 1. The summed E-state index contributed by atoms with van der Waals surface area (Å²) in [5.74, 6) is 0. The maximum atomic E-state index is 5.72. The van der Waals surface area contributed by atoms with Crippen LogP contribution in [0.5, 0.6) is 0 Å². The lowest BCUT2D eigenvalue weighted by atomic mass is 10.1. The third-order valence-corrected chi connectivity index (χ3v) is 4.00. The quantitative estimate of drug-likeness (QED) is 0.454. The van der Waals surface area contributed by atoms with Crippen LogP contribution in [0.1, 0.15) is 0 Å². The molecule has 5 rings (SSSR count). The lowest BCUT2D eigenvalue weighted by Crippen LogP contribution is -1.88. The molecule has 0 N–H and O–H groups in total. The molecule has 4 aromatic heterocycles. The molecule has 0 atom stereocenters. The SMILES string of the molecule is c1ccc2nc(-c3cc4c(cn3)oc3ncccc34)ccc2c1. The van der Waals surface area contributed by atoms with Gasteiger partial charge < -0.3 is 4.42 Å². The first-order valence-electron chi connectivity index (χ1n) is 7.38. The molecule has 108 valence electrons. The summed E-state index contributed by atoms with van der Waals surface area (Å²) in [4.78, 5) is 13.5. The zero-order valence-corrected chi connectivity index (χ0v) is 12.1. The molecule has 0 aliphatic rings. The fourth-order valence-corrected chi connectivity index (χ4v) is 2.86. The van der Waals surface area contributed by atoms with Crippen LogP contribution < -0.4 is 0 Å². The molecule has 0 saturated carbocycles. The summed E-state index contributed by atoms with van der Waals surface area (Å²) in [5.41, 5.74) is 4.01. The van der Waals surface area contributed by atoms with Crippen molar-refractivity contribution in [3.8, 4) is 11.4 Å². The van der Waals surface area contributed by atoms with Gasteiger partial charge in [0.1, 0.15) is 0 Å². The van der Waals surface area contributed by atoms with Gasteiger partial charge in [-0.3, -0.25) is 4.98 Å². The number of fused-ring (bicyclic) bond motifs is 4. The number of aromatic nitrogens is 3. The first kappa shape index (κ1) is 12.3. The maximum Gasteiger partial charge on any atom is 0.227 e. The molecular weight excluding hydrogens is 286 g/mol. The Hall–Kier alpha value is -3.27. The summed E-state index contributed by atoms with van der Waals surface area (Å²) in [6.07, 6.45) is 3.47. The first-order chi connectivity index (χ1) is 11.4. The number of furan rings is 1. The Morgan fingerprint density at radius 1 is 0.783 bits per heavy atom. The van der Waals surface area contributed by atoms with E-state index in [-0.39, 0.29) is 0 Å². The minimum absolute atomic E-state index is 0.632. The van der Waals surface area contributed by atoms with Crippen molar-refractivity contribution < 1.29 is 4.42 Å². The van der Waals surface area contributed by atoms with E-state index in [1.807, 2.05) is 42.5 Å². The van der Waals surface area contributed by atoms with Gasteiger partial charge in [0, 0.05) is 22.4 Å². The maximum absolute atomic E-state index is 5.72. The minimum atomic E-state index is 0.632. The fourth-order valence-electron chi connectivity index (χ4n) is 2.86. The average Bonchev–Trinajstić information content (AvgIpc) is 2.99. The molecule has 0 bridgehead atoms. The van der Waals surface area contributed by atoms with Gasteiger partial charge in [-0.1, -0.05) is 24.3 Å². The summed E-state index contributed by atoms with van der Waals surface area (Å²) in [6, 6.07) is 18.1. The Kier molecular flexibility index (Phi) is 2.46. The topological polar surface area (TPSA) is 51.8 Å². The van der Waals surface area contributed by atoms with Gasteiger partial charge in [-0.2, -0.15) is 0 Å². The third kappa shape index (κ3) is 1.89. The second kappa shape index (κ2) is 4.61. The van der Waals surface area contributed by atoms with Crippen molar-refractivity contribution in [1.82, 2.24) is 15.0 Å². The first-order valence-corrected chi connectivity index (χ1v) is 7.38. The van der Waals surface area contributed by atoms with Crippen molar-refractivity contribution in [3.63, 3.8) is 0 Å². The molecule has 4 heterocycles. The summed E-state index contributed by atoms with van der Waals surface area (Å²) in [5, 5.41) is 3.12. The van der Waals surface area contributed by atoms with Gasteiger partial charge in [0.05, 0.1) is 23.1 Å². The monoisotopic (exact) mass is 297 g/mol. The molecule has 4 nitrogen and oxygen atoms in total. The van der Waals surface area contributed by atoms with Crippen LogP contribution in [0.4, 0.5) is 0 Å². The summed E-state index contributed by atoms with van der Waals surface area (Å²) >= 11 is 0.